The first kappa shape index (κ1) is 14.2. The molecule has 5 heteroatoms. The summed E-state index contributed by atoms with van der Waals surface area (Å²) in [5.41, 5.74) is 1.96. The third kappa shape index (κ3) is 4.11. The molecule has 0 saturated heterocycles. The minimum Gasteiger partial charge on any atom is -0.494 e. The van der Waals surface area contributed by atoms with Gasteiger partial charge in [0.2, 0.25) is 0 Å². The van der Waals surface area contributed by atoms with Crippen molar-refractivity contribution in [1.29, 1.82) is 0 Å². The molecule has 1 aromatic carbocycles. The van der Waals surface area contributed by atoms with Crippen molar-refractivity contribution in [3.8, 4) is 5.75 Å². The monoisotopic (exact) mass is 340 g/mol. The fourth-order valence-corrected chi connectivity index (χ4v) is 2.12. The number of nitrogens with one attached hydrogen (secondary N) is 1. The van der Waals surface area contributed by atoms with E-state index < -0.39 is 0 Å². The summed E-state index contributed by atoms with van der Waals surface area (Å²) in [5.74, 6) is 0.883. The number of anilines is 1. The molecule has 1 heterocycles. The van der Waals surface area contributed by atoms with Crippen LogP contribution in [0.3, 0.4) is 0 Å². The molecule has 0 fully saturated rings. The second kappa shape index (κ2) is 6.78. The molecule has 0 aliphatic heterocycles. The van der Waals surface area contributed by atoms with Gasteiger partial charge in [0.15, 0.2) is 5.15 Å². The van der Waals surface area contributed by atoms with Crippen LogP contribution in [-0.4, -0.2) is 11.6 Å². The maximum absolute atomic E-state index is 6.01. The van der Waals surface area contributed by atoms with E-state index in [4.69, 9.17) is 16.3 Å². The van der Waals surface area contributed by atoms with Crippen LogP contribution in [0.25, 0.3) is 0 Å². The standard InChI is InChI=1S/C14H14BrClN2O/c1-2-19-12-5-3-10(4-6-12)8-17-13-7-11(15)9-18-14(13)16/h3-7,9,17H,2,8H2,1H3. The zero-order valence-electron chi connectivity index (χ0n) is 10.5. The average molecular weight is 342 g/mol. The number of pyridine rings is 1. The van der Waals surface area contributed by atoms with Crippen molar-refractivity contribution in [3.63, 3.8) is 0 Å². The van der Waals surface area contributed by atoms with Crippen LogP contribution in [0.1, 0.15) is 12.5 Å². The summed E-state index contributed by atoms with van der Waals surface area (Å²) < 4.78 is 6.30. The Balaban J connectivity index is 2.00. The van der Waals surface area contributed by atoms with Gasteiger partial charge in [-0.25, -0.2) is 4.98 Å². The largest absolute Gasteiger partial charge is 0.494 e. The second-order valence-electron chi connectivity index (χ2n) is 3.92. The van der Waals surface area contributed by atoms with Crippen LogP contribution >= 0.6 is 27.5 Å². The van der Waals surface area contributed by atoms with Gasteiger partial charge in [-0.2, -0.15) is 0 Å². The number of ether oxygens (including phenoxy) is 1. The van der Waals surface area contributed by atoms with E-state index in [-0.39, 0.29) is 0 Å². The normalized spacial score (nSPS) is 10.3. The van der Waals surface area contributed by atoms with Crippen molar-refractivity contribution in [2.45, 2.75) is 13.5 Å². The molecule has 0 aliphatic carbocycles. The summed E-state index contributed by atoms with van der Waals surface area (Å²) in [5, 5.41) is 3.72. The Labute approximate surface area is 126 Å². The fourth-order valence-electron chi connectivity index (χ4n) is 1.61. The van der Waals surface area contributed by atoms with Crippen molar-refractivity contribution < 1.29 is 4.74 Å². The molecular weight excluding hydrogens is 328 g/mol. The first-order valence-corrected chi connectivity index (χ1v) is 7.13. The van der Waals surface area contributed by atoms with Crippen LogP contribution in [0, 0.1) is 0 Å². The molecule has 0 radical (unpaired) electrons. The first-order chi connectivity index (χ1) is 9.19. The molecule has 1 N–H and O–H groups in total. The summed E-state index contributed by atoms with van der Waals surface area (Å²) in [4.78, 5) is 4.07. The molecule has 2 rings (SSSR count). The van der Waals surface area contributed by atoms with Gasteiger partial charge in [0.05, 0.1) is 12.3 Å². The maximum Gasteiger partial charge on any atom is 0.152 e. The molecule has 3 nitrogen and oxygen atoms in total. The Kier molecular flexibility index (Phi) is 5.05. The fraction of sp³-hybridized carbons (Fsp3) is 0.214. The lowest BCUT2D eigenvalue weighted by atomic mass is 10.2. The summed E-state index contributed by atoms with van der Waals surface area (Å²) in [6, 6.07) is 9.88. The van der Waals surface area contributed by atoms with Gasteiger partial charge in [-0.1, -0.05) is 23.7 Å². The minimum absolute atomic E-state index is 0.467. The lowest BCUT2D eigenvalue weighted by Crippen LogP contribution is -2.01. The third-order valence-corrected chi connectivity index (χ3v) is 3.26. The predicted molar refractivity (Wildman–Crippen MR) is 81.9 cm³/mol. The SMILES string of the molecule is CCOc1ccc(CNc2cc(Br)cnc2Cl)cc1. The van der Waals surface area contributed by atoms with E-state index in [2.05, 4.69) is 26.2 Å². The summed E-state index contributed by atoms with van der Waals surface area (Å²) in [6.07, 6.45) is 1.67. The van der Waals surface area contributed by atoms with Crippen LogP contribution < -0.4 is 10.1 Å². The Hall–Kier alpha value is -1.26. The molecule has 19 heavy (non-hydrogen) atoms. The predicted octanol–water partition coefficient (Wildman–Crippen LogP) is 4.51. The van der Waals surface area contributed by atoms with Crippen molar-refractivity contribution in [2.24, 2.45) is 0 Å². The van der Waals surface area contributed by atoms with Gasteiger partial charge in [0.1, 0.15) is 5.75 Å². The average Bonchev–Trinajstić information content (AvgIpc) is 2.42. The molecule has 100 valence electrons. The molecule has 0 unspecified atom stereocenters. The number of aromatic nitrogens is 1. The van der Waals surface area contributed by atoms with Gasteiger partial charge in [0.25, 0.3) is 0 Å². The number of hydrogen-bond acceptors (Lipinski definition) is 3. The van der Waals surface area contributed by atoms with E-state index in [1.165, 1.54) is 0 Å². The number of nitrogens with zero attached hydrogens (tertiary/aromatic N) is 1. The van der Waals surface area contributed by atoms with Crippen LogP contribution in [0.2, 0.25) is 5.15 Å². The Morgan fingerprint density at radius 1 is 1.32 bits per heavy atom. The molecular formula is C14H14BrClN2O. The molecule has 0 spiro atoms. The smallest absolute Gasteiger partial charge is 0.152 e. The van der Waals surface area contributed by atoms with Crippen LogP contribution in [0.4, 0.5) is 5.69 Å². The van der Waals surface area contributed by atoms with Gasteiger partial charge in [-0.15, -0.1) is 0 Å². The van der Waals surface area contributed by atoms with E-state index in [0.29, 0.717) is 18.3 Å². The summed E-state index contributed by atoms with van der Waals surface area (Å²) in [7, 11) is 0. The molecule has 1 aromatic heterocycles. The first-order valence-electron chi connectivity index (χ1n) is 5.95. The lowest BCUT2D eigenvalue weighted by Gasteiger charge is -2.09. The topological polar surface area (TPSA) is 34.1 Å². The summed E-state index contributed by atoms with van der Waals surface area (Å²) >= 11 is 9.39. The van der Waals surface area contributed by atoms with Crippen molar-refractivity contribution in [3.05, 3.63) is 51.7 Å². The van der Waals surface area contributed by atoms with Gasteiger partial charge in [0, 0.05) is 17.2 Å². The number of benzene rings is 1. The number of rotatable bonds is 5. The van der Waals surface area contributed by atoms with Crippen LogP contribution in [0.5, 0.6) is 5.75 Å². The highest BCUT2D eigenvalue weighted by atomic mass is 79.9. The van der Waals surface area contributed by atoms with Gasteiger partial charge in [-0.05, 0) is 46.6 Å². The molecule has 0 aliphatic rings. The van der Waals surface area contributed by atoms with E-state index in [1.807, 2.05) is 37.3 Å². The maximum atomic E-state index is 6.01. The van der Waals surface area contributed by atoms with Gasteiger partial charge < -0.3 is 10.1 Å². The van der Waals surface area contributed by atoms with E-state index in [1.54, 1.807) is 6.20 Å². The van der Waals surface area contributed by atoms with Crippen molar-refractivity contribution >= 4 is 33.2 Å². The highest BCUT2D eigenvalue weighted by molar-refractivity contribution is 9.10. The Morgan fingerprint density at radius 2 is 2.05 bits per heavy atom. The highest BCUT2D eigenvalue weighted by Gasteiger charge is 2.02. The van der Waals surface area contributed by atoms with Gasteiger partial charge >= 0.3 is 0 Å². The van der Waals surface area contributed by atoms with Crippen LogP contribution in [-0.2, 0) is 6.54 Å². The molecule has 0 amide bonds. The molecule has 0 atom stereocenters. The van der Waals surface area contributed by atoms with Crippen LogP contribution in [0.15, 0.2) is 41.0 Å². The van der Waals surface area contributed by atoms with E-state index >= 15 is 0 Å². The Morgan fingerprint density at radius 3 is 2.74 bits per heavy atom. The van der Waals surface area contributed by atoms with Gasteiger partial charge in [-0.3, -0.25) is 0 Å². The number of halogens is 2. The quantitative estimate of drug-likeness (QED) is 0.813. The van der Waals surface area contributed by atoms with E-state index in [9.17, 15) is 0 Å². The summed E-state index contributed by atoms with van der Waals surface area (Å²) in [6.45, 7) is 3.33. The highest BCUT2D eigenvalue weighted by Crippen LogP contribution is 2.23. The van der Waals surface area contributed by atoms with Crippen molar-refractivity contribution in [2.75, 3.05) is 11.9 Å². The minimum atomic E-state index is 0.467. The second-order valence-corrected chi connectivity index (χ2v) is 5.20. The lowest BCUT2D eigenvalue weighted by molar-refractivity contribution is 0.340. The molecule has 0 bridgehead atoms. The number of hydrogen-bond donors (Lipinski definition) is 1. The zero-order valence-corrected chi connectivity index (χ0v) is 12.8. The molecule has 2 aromatic rings. The van der Waals surface area contributed by atoms with Crippen molar-refractivity contribution in [1.82, 2.24) is 4.98 Å². The third-order valence-electron chi connectivity index (χ3n) is 2.52. The zero-order chi connectivity index (χ0) is 13.7. The van der Waals surface area contributed by atoms with E-state index in [0.717, 1.165) is 21.5 Å². The molecule has 0 saturated carbocycles. The Bertz CT molecular complexity index is 546.